The molecule has 0 spiro atoms. The van der Waals surface area contributed by atoms with Gasteiger partial charge in [0, 0.05) is 33.1 Å². The normalized spacial score (nSPS) is 11.5. The third kappa shape index (κ3) is 5.96. The van der Waals surface area contributed by atoms with E-state index < -0.39 is 0 Å². The van der Waals surface area contributed by atoms with Crippen molar-refractivity contribution >= 4 is 71.3 Å². The number of anilines is 3. The number of hydrogen-bond donors (Lipinski definition) is 0. The molecule has 290 valence electrons. The summed E-state index contributed by atoms with van der Waals surface area (Å²) in [5.74, 6) is 0. The van der Waals surface area contributed by atoms with Gasteiger partial charge in [-0.2, -0.15) is 0 Å². The Hall–Kier alpha value is -8.20. The molecule has 0 aliphatic carbocycles. The maximum atomic E-state index is 6.42. The maximum Gasteiger partial charge on any atom is 0.136 e. The highest BCUT2D eigenvalue weighted by Gasteiger charge is 2.22. The van der Waals surface area contributed by atoms with Gasteiger partial charge in [-0.15, -0.1) is 0 Å². The van der Waals surface area contributed by atoms with Gasteiger partial charge < -0.3 is 9.32 Å². The molecular weight excluding hydrogens is 751 g/mol. The van der Waals surface area contributed by atoms with Crippen LogP contribution in [0.25, 0.3) is 98.8 Å². The van der Waals surface area contributed by atoms with Crippen molar-refractivity contribution in [3.8, 4) is 44.5 Å². The summed E-state index contributed by atoms with van der Waals surface area (Å²) in [7, 11) is 0. The summed E-state index contributed by atoms with van der Waals surface area (Å²) in [6.45, 7) is 0. The molecule has 0 saturated carbocycles. The van der Waals surface area contributed by atoms with E-state index in [0.29, 0.717) is 0 Å². The van der Waals surface area contributed by atoms with E-state index in [1.54, 1.807) is 0 Å². The monoisotopic (exact) mass is 789 g/mol. The van der Waals surface area contributed by atoms with Gasteiger partial charge in [0.1, 0.15) is 11.2 Å². The van der Waals surface area contributed by atoms with Gasteiger partial charge >= 0.3 is 0 Å². The van der Waals surface area contributed by atoms with Crippen LogP contribution in [0.3, 0.4) is 0 Å². The van der Waals surface area contributed by atoms with Crippen molar-refractivity contribution in [3.05, 3.63) is 237 Å². The summed E-state index contributed by atoms with van der Waals surface area (Å²) in [6, 6.07) is 85.4. The molecule has 0 fully saturated rings. The Morgan fingerprint density at radius 3 is 1.26 bits per heavy atom. The highest BCUT2D eigenvalue weighted by atomic mass is 16.3. The second-order valence-electron chi connectivity index (χ2n) is 16.0. The molecule has 12 aromatic rings. The van der Waals surface area contributed by atoms with Gasteiger partial charge in [-0.25, -0.2) is 0 Å². The molecule has 0 bridgehead atoms. The first-order valence-electron chi connectivity index (χ1n) is 21.3. The molecule has 0 amide bonds. The zero-order valence-electron chi connectivity index (χ0n) is 33.9. The Labute approximate surface area is 360 Å². The summed E-state index contributed by atoms with van der Waals surface area (Å²) < 4.78 is 6.42. The minimum absolute atomic E-state index is 0.910. The summed E-state index contributed by atoms with van der Waals surface area (Å²) in [5.41, 5.74) is 14.6. The van der Waals surface area contributed by atoms with Crippen LogP contribution in [0.15, 0.2) is 241 Å². The van der Waals surface area contributed by atoms with E-state index in [9.17, 15) is 0 Å². The van der Waals surface area contributed by atoms with Crippen LogP contribution in [0.1, 0.15) is 0 Å². The number of rotatable bonds is 7. The molecule has 0 radical (unpaired) electrons. The third-order valence-corrected chi connectivity index (χ3v) is 12.5. The van der Waals surface area contributed by atoms with Crippen molar-refractivity contribution < 1.29 is 4.42 Å². The van der Waals surface area contributed by atoms with E-state index >= 15 is 0 Å². The number of benzene rings is 11. The molecule has 0 unspecified atom stereocenters. The van der Waals surface area contributed by atoms with Crippen molar-refractivity contribution in [2.45, 2.75) is 0 Å². The molecule has 2 heteroatoms. The quantitative estimate of drug-likeness (QED) is 0.150. The van der Waals surface area contributed by atoms with E-state index in [1.807, 2.05) is 6.07 Å². The molecule has 0 N–H and O–H groups in total. The Balaban J connectivity index is 1.04. The van der Waals surface area contributed by atoms with Gasteiger partial charge in [-0.05, 0) is 114 Å². The average molecular weight is 790 g/mol. The molecule has 0 saturated heterocycles. The molecule has 1 heterocycles. The van der Waals surface area contributed by atoms with Crippen LogP contribution in [-0.2, 0) is 0 Å². The predicted octanol–water partition coefficient (Wildman–Crippen LogP) is 17.2. The number of hydrogen-bond acceptors (Lipinski definition) is 2. The minimum atomic E-state index is 0.910. The molecule has 1 aromatic heterocycles. The SMILES string of the molecule is c1ccc(-c2ccc(-c3ccc(N(c4ccc(-c5ccccc5)cc4)c4ccccc4-c4cccc5c6ccc7oc8ccccc8c7c6c6ccccc6c45)cc3)cc2)cc1. The first kappa shape index (κ1) is 35.7. The van der Waals surface area contributed by atoms with Gasteiger partial charge in [-0.3, -0.25) is 0 Å². The van der Waals surface area contributed by atoms with Crippen molar-refractivity contribution in [2.24, 2.45) is 0 Å². The van der Waals surface area contributed by atoms with Crippen molar-refractivity contribution in [1.82, 2.24) is 0 Å². The molecule has 11 aromatic carbocycles. The summed E-state index contributed by atoms with van der Waals surface area (Å²) >= 11 is 0. The second kappa shape index (κ2) is 14.8. The van der Waals surface area contributed by atoms with E-state index in [2.05, 4.69) is 235 Å². The third-order valence-electron chi connectivity index (χ3n) is 12.5. The predicted molar refractivity (Wildman–Crippen MR) is 263 cm³/mol. The number of fused-ring (bicyclic) bond motifs is 10. The van der Waals surface area contributed by atoms with Crippen LogP contribution < -0.4 is 4.90 Å². The largest absolute Gasteiger partial charge is 0.456 e. The lowest BCUT2D eigenvalue weighted by Gasteiger charge is -2.29. The molecule has 12 rings (SSSR count). The average Bonchev–Trinajstić information content (AvgIpc) is 3.74. The van der Waals surface area contributed by atoms with Crippen LogP contribution in [0, 0.1) is 0 Å². The fourth-order valence-electron chi connectivity index (χ4n) is 9.58. The highest BCUT2D eigenvalue weighted by molar-refractivity contribution is 6.36. The van der Waals surface area contributed by atoms with Crippen molar-refractivity contribution in [2.75, 3.05) is 4.90 Å². The molecule has 0 aliphatic rings. The van der Waals surface area contributed by atoms with Crippen LogP contribution in [-0.4, -0.2) is 0 Å². The zero-order valence-corrected chi connectivity index (χ0v) is 33.9. The first-order valence-corrected chi connectivity index (χ1v) is 21.3. The van der Waals surface area contributed by atoms with E-state index in [-0.39, 0.29) is 0 Å². The Kier molecular flexibility index (Phi) is 8.53. The lowest BCUT2D eigenvalue weighted by molar-refractivity contribution is 0.669. The number of furan rings is 1. The molecule has 2 nitrogen and oxygen atoms in total. The van der Waals surface area contributed by atoms with E-state index in [0.717, 1.165) is 39.2 Å². The standard InChI is InChI=1S/C60H39NO/c1-3-14-40(15-4-1)42-26-28-43(29-27-42)45-32-36-47(37-33-45)61(46-34-30-44(31-35-46)41-16-5-2-6-17-41)55-24-11-9-18-48(55)49-22-13-23-51-53-38-39-57-60(54-21-10-12-25-56(54)62-57)59(53)52-20-8-7-19-50(52)58(49)51/h1-39H. The van der Waals surface area contributed by atoms with Gasteiger partial charge in [0.05, 0.1) is 5.69 Å². The minimum Gasteiger partial charge on any atom is -0.456 e. The Bertz CT molecular complexity index is 3560. The van der Waals surface area contributed by atoms with Crippen LogP contribution in [0.5, 0.6) is 0 Å². The summed E-state index contributed by atoms with van der Waals surface area (Å²) in [4.78, 5) is 2.41. The second-order valence-corrected chi connectivity index (χ2v) is 16.0. The number of nitrogens with zero attached hydrogens (tertiary/aromatic N) is 1. The fourth-order valence-corrected chi connectivity index (χ4v) is 9.58. The van der Waals surface area contributed by atoms with Crippen molar-refractivity contribution in [1.29, 1.82) is 0 Å². The topological polar surface area (TPSA) is 16.4 Å². The van der Waals surface area contributed by atoms with Gasteiger partial charge in [0.25, 0.3) is 0 Å². The Morgan fingerprint density at radius 2 is 0.661 bits per heavy atom. The van der Waals surface area contributed by atoms with Gasteiger partial charge in [-0.1, -0.05) is 188 Å². The van der Waals surface area contributed by atoms with Crippen LogP contribution in [0.2, 0.25) is 0 Å². The maximum absolute atomic E-state index is 6.42. The molecule has 0 atom stereocenters. The van der Waals surface area contributed by atoms with E-state index in [4.69, 9.17) is 4.42 Å². The number of para-hydroxylation sites is 2. The summed E-state index contributed by atoms with van der Waals surface area (Å²) in [5, 5.41) is 9.67. The molecular formula is C60H39NO. The smallest absolute Gasteiger partial charge is 0.136 e. The van der Waals surface area contributed by atoms with Gasteiger partial charge in [0.15, 0.2) is 0 Å². The van der Waals surface area contributed by atoms with Gasteiger partial charge in [0.2, 0.25) is 0 Å². The highest BCUT2D eigenvalue weighted by Crippen LogP contribution is 2.48. The lowest BCUT2D eigenvalue weighted by atomic mass is 9.87. The fraction of sp³-hybridized carbons (Fsp3) is 0. The van der Waals surface area contributed by atoms with Crippen LogP contribution in [0.4, 0.5) is 17.1 Å². The Morgan fingerprint density at radius 1 is 0.242 bits per heavy atom. The first-order chi connectivity index (χ1) is 30.8. The lowest BCUT2D eigenvalue weighted by Crippen LogP contribution is -2.11. The van der Waals surface area contributed by atoms with E-state index in [1.165, 1.54) is 76.6 Å². The zero-order chi connectivity index (χ0) is 41.0. The summed E-state index contributed by atoms with van der Waals surface area (Å²) in [6.07, 6.45) is 0. The van der Waals surface area contributed by atoms with Crippen LogP contribution >= 0.6 is 0 Å². The molecule has 62 heavy (non-hydrogen) atoms. The van der Waals surface area contributed by atoms with Crippen molar-refractivity contribution in [3.63, 3.8) is 0 Å². The molecule has 0 aliphatic heterocycles.